The topological polar surface area (TPSA) is 69.2 Å². The SMILES string of the molecule is O=C([O-])c1c(NC(=O)C2CCCC2)sc2c1CCC2. The number of aromatic carboxylic acids is 1. The molecule has 1 aromatic rings. The van der Waals surface area contributed by atoms with Crippen LogP contribution in [0.15, 0.2) is 0 Å². The number of hydrogen-bond acceptors (Lipinski definition) is 4. The van der Waals surface area contributed by atoms with Gasteiger partial charge in [0.2, 0.25) is 5.91 Å². The summed E-state index contributed by atoms with van der Waals surface area (Å²) in [5, 5.41) is 14.6. The van der Waals surface area contributed by atoms with Crippen molar-refractivity contribution in [3.63, 3.8) is 0 Å². The van der Waals surface area contributed by atoms with Crippen LogP contribution in [0.5, 0.6) is 0 Å². The highest BCUT2D eigenvalue weighted by Crippen LogP contribution is 2.39. The Kier molecular flexibility index (Phi) is 3.31. The lowest BCUT2D eigenvalue weighted by Crippen LogP contribution is -2.26. The second-order valence-corrected chi connectivity index (χ2v) is 6.42. The van der Waals surface area contributed by atoms with E-state index in [1.54, 1.807) is 0 Å². The summed E-state index contributed by atoms with van der Waals surface area (Å²) >= 11 is 1.41. The van der Waals surface area contributed by atoms with Gasteiger partial charge in [0.25, 0.3) is 0 Å². The van der Waals surface area contributed by atoms with E-state index in [-0.39, 0.29) is 17.4 Å². The maximum atomic E-state index is 12.1. The van der Waals surface area contributed by atoms with Crippen molar-refractivity contribution in [2.75, 3.05) is 5.32 Å². The Bertz CT molecular complexity index is 529. The number of hydrogen-bond donors (Lipinski definition) is 1. The van der Waals surface area contributed by atoms with E-state index in [2.05, 4.69) is 5.32 Å². The predicted octanol–water partition coefficient (Wildman–Crippen LogP) is 1.73. The number of anilines is 1. The van der Waals surface area contributed by atoms with Gasteiger partial charge in [0.1, 0.15) is 5.00 Å². The molecule has 19 heavy (non-hydrogen) atoms. The third-order valence-corrected chi connectivity index (χ3v) is 5.30. The molecular weight excluding hydrogens is 262 g/mol. The molecule has 0 spiro atoms. The average Bonchev–Trinajstić information content (AvgIpc) is 3.03. The Morgan fingerprint density at radius 1 is 1.16 bits per heavy atom. The maximum absolute atomic E-state index is 12.1. The highest BCUT2D eigenvalue weighted by atomic mass is 32.1. The zero-order valence-electron chi connectivity index (χ0n) is 10.7. The van der Waals surface area contributed by atoms with Gasteiger partial charge >= 0.3 is 0 Å². The van der Waals surface area contributed by atoms with Gasteiger partial charge in [0.05, 0.1) is 5.97 Å². The standard InChI is InChI=1S/C14H17NO3S/c16-12(8-4-1-2-5-8)15-13-11(14(17)18)9-6-3-7-10(9)19-13/h8H,1-7H2,(H,15,16)(H,17,18)/p-1. The smallest absolute Gasteiger partial charge is 0.228 e. The minimum Gasteiger partial charge on any atom is -0.545 e. The first-order chi connectivity index (χ1) is 9.16. The molecule has 0 bridgehead atoms. The Morgan fingerprint density at radius 3 is 2.58 bits per heavy atom. The van der Waals surface area contributed by atoms with E-state index in [0.29, 0.717) is 5.00 Å². The van der Waals surface area contributed by atoms with Crippen LogP contribution < -0.4 is 10.4 Å². The summed E-state index contributed by atoms with van der Waals surface area (Å²) < 4.78 is 0. The second kappa shape index (κ2) is 4.96. The van der Waals surface area contributed by atoms with E-state index in [4.69, 9.17) is 0 Å². The molecule has 3 rings (SSSR count). The first-order valence-electron chi connectivity index (χ1n) is 6.83. The maximum Gasteiger partial charge on any atom is 0.228 e. The highest BCUT2D eigenvalue weighted by Gasteiger charge is 2.27. The van der Waals surface area contributed by atoms with Gasteiger partial charge in [-0.05, 0) is 37.7 Å². The minimum atomic E-state index is -1.17. The summed E-state index contributed by atoms with van der Waals surface area (Å²) in [7, 11) is 0. The summed E-state index contributed by atoms with van der Waals surface area (Å²) in [6.45, 7) is 0. The van der Waals surface area contributed by atoms with Crippen molar-refractivity contribution in [2.45, 2.75) is 44.9 Å². The summed E-state index contributed by atoms with van der Waals surface area (Å²) in [6.07, 6.45) is 6.71. The lowest BCUT2D eigenvalue weighted by Gasteiger charge is -2.12. The molecule has 5 heteroatoms. The van der Waals surface area contributed by atoms with E-state index in [0.717, 1.165) is 55.4 Å². The molecule has 102 valence electrons. The Balaban J connectivity index is 1.84. The average molecular weight is 278 g/mol. The first-order valence-corrected chi connectivity index (χ1v) is 7.65. The number of carboxylic acids is 1. The van der Waals surface area contributed by atoms with Gasteiger partial charge < -0.3 is 15.2 Å². The molecule has 1 amide bonds. The van der Waals surface area contributed by atoms with Crippen molar-refractivity contribution in [3.05, 3.63) is 16.0 Å². The first kappa shape index (κ1) is 12.7. The molecule has 0 saturated heterocycles. The van der Waals surface area contributed by atoms with Crippen LogP contribution in [0, 0.1) is 5.92 Å². The minimum absolute atomic E-state index is 0.0278. The lowest BCUT2D eigenvalue weighted by atomic mass is 10.1. The van der Waals surface area contributed by atoms with Crippen molar-refractivity contribution >= 4 is 28.2 Å². The quantitative estimate of drug-likeness (QED) is 0.915. The number of carbonyl (C=O) groups is 2. The summed E-state index contributed by atoms with van der Waals surface area (Å²) in [5.41, 5.74) is 1.11. The molecule has 1 heterocycles. The van der Waals surface area contributed by atoms with Crippen molar-refractivity contribution in [2.24, 2.45) is 5.92 Å². The number of aryl methyl sites for hydroxylation is 1. The molecule has 0 radical (unpaired) electrons. The largest absolute Gasteiger partial charge is 0.545 e. The third-order valence-electron chi connectivity index (χ3n) is 4.09. The molecular formula is C14H16NO3S-. The van der Waals surface area contributed by atoms with Crippen molar-refractivity contribution in [3.8, 4) is 0 Å². The third kappa shape index (κ3) is 2.27. The van der Waals surface area contributed by atoms with Crippen LogP contribution in [0.3, 0.4) is 0 Å². The summed E-state index contributed by atoms with van der Waals surface area (Å²) in [4.78, 5) is 24.5. The zero-order valence-corrected chi connectivity index (χ0v) is 11.5. The molecule has 0 unspecified atom stereocenters. The Morgan fingerprint density at radius 2 is 1.89 bits per heavy atom. The monoisotopic (exact) mass is 278 g/mol. The second-order valence-electron chi connectivity index (χ2n) is 5.32. The number of rotatable bonds is 3. The normalized spacial score (nSPS) is 18.5. The number of amides is 1. The number of nitrogens with one attached hydrogen (secondary N) is 1. The number of carbonyl (C=O) groups excluding carboxylic acids is 2. The van der Waals surface area contributed by atoms with Gasteiger partial charge in [-0.2, -0.15) is 0 Å². The van der Waals surface area contributed by atoms with Gasteiger partial charge in [0.15, 0.2) is 0 Å². The van der Waals surface area contributed by atoms with Crippen LogP contribution in [-0.2, 0) is 17.6 Å². The van der Waals surface area contributed by atoms with Crippen LogP contribution in [0.2, 0.25) is 0 Å². The van der Waals surface area contributed by atoms with Crippen LogP contribution in [0.25, 0.3) is 0 Å². The van der Waals surface area contributed by atoms with Crippen molar-refractivity contribution in [1.82, 2.24) is 0 Å². The molecule has 0 atom stereocenters. The molecule has 4 nitrogen and oxygen atoms in total. The molecule has 1 saturated carbocycles. The van der Waals surface area contributed by atoms with Crippen LogP contribution in [-0.4, -0.2) is 11.9 Å². The molecule has 0 aliphatic heterocycles. The molecule has 2 aliphatic rings. The fourth-order valence-electron chi connectivity index (χ4n) is 3.11. The van der Waals surface area contributed by atoms with E-state index < -0.39 is 5.97 Å². The molecule has 1 fully saturated rings. The number of carboxylic acid groups (broad SMARTS) is 1. The predicted molar refractivity (Wildman–Crippen MR) is 71.3 cm³/mol. The Labute approximate surface area is 115 Å². The van der Waals surface area contributed by atoms with Crippen LogP contribution in [0.1, 0.15) is 52.9 Å². The van der Waals surface area contributed by atoms with Gasteiger partial charge in [0, 0.05) is 16.4 Å². The summed E-state index contributed by atoms with van der Waals surface area (Å²) in [5.74, 6) is -1.15. The van der Waals surface area contributed by atoms with Crippen LogP contribution >= 0.6 is 11.3 Å². The molecule has 2 aliphatic carbocycles. The van der Waals surface area contributed by atoms with Gasteiger partial charge in [-0.25, -0.2) is 0 Å². The lowest BCUT2D eigenvalue weighted by molar-refractivity contribution is -0.254. The highest BCUT2D eigenvalue weighted by molar-refractivity contribution is 7.17. The fraction of sp³-hybridized carbons (Fsp3) is 0.571. The molecule has 1 N–H and O–H groups in total. The summed E-state index contributed by atoms with van der Waals surface area (Å²) in [6, 6.07) is 0. The van der Waals surface area contributed by atoms with E-state index in [1.807, 2.05) is 0 Å². The van der Waals surface area contributed by atoms with Gasteiger partial charge in [-0.15, -0.1) is 11.3 Å². The van der Waals surface area contributed by atoms with E-state index in [9.17, 15) is 14.7 Å². The fourth-order valence-corrected chi connectivity index (χ4v) is 4.39. The van der Waals surface area contributed by atoms with Gasteiger partial charge in [-0.3, -0.25) is 4.79 Å². The number of fused-ring (bicyclic) bond motifs is 1. The van der Waals surface area contributed by atoms with Crippen molar-refractivity contribution < 1.29 is 14.7 Å². The Hall–Kier alpha value is -1.36. The molecule has 0 aromatic carbocycles. The number of thiophene rings is 1. The van der Waals surface area contributed by atoms with E-state index >= 15 is 0 Å². The van der Waals surface area contributed by atoms with E-state index in [1.165, 1.54) is 11.3 Å². The van der Waals surface area contributed by atoms with Crippen LogP contribution in [0.4, 0.5) is 5.00 Å². The van der Waals surface area contributed by atoms with Crippen molar-refractivity contribution in [1.29, 1.82) is 0 Å². The zero-order chi connectivity index (χ0) is 13.4. The van der Waals surface area contributed by atoms with Gasteiger partial charge in [-0.1, -0.05) is 12.8 Å². The molecule has 1 aromatic heterocycles.